The molecule has 0 aliphatic carbocycles. The predicted molar refractivity (Wildman–Crippen MR) is 62.9 cm³/mol. The first kappa shape index (κ1) is 14.3. The van der Waals surface area contributed by atoms with Crippen molar-refractivity contribution in [3.63, 3.8) is 0 Å². The fraction of sp³-hybridized carbons (Fsp3) is 0.364. The summed E-state index contributed by atoms with van der Waals surface area (Å²) in [6.45, 7) is 6.11. The summed E-state index contributed by atoms with van der Waals surface area (Å²) in [6.07, 6.45) is 0. The van der Waals surface area contributed by atoms with Crippen LogP contribution in [0.1, 0.15) is 20.8 Å². The van der Waals surface area contributed by atoms with Gasteiger partial charge in [0.1, 0.15) is 0 Å². The molecule has 17 heavy (non-hydrogen) atoms. The van der Waals surface area contributed by atoms with Crippen molar-refractivity contribution in [1.82, 2.24) is 20.2 Å². The second-order valence-corrected chi connectivity index (χ2v) is 4.37. The van der Waals surface area contributed by atoms with E-state index in [1.165, 1.54) is 0 Å². The average molecular weight is 302 g/mol. The Hall–Kier alpha value is -0.797. The summed E-state index contributed by atoms with van der Waals surface area (Å²) in [5, 5.41) is 12.4. The first-order valence-electron chi connectivity index (χ1n) is 5.11. The van der Waals surface area contributed by atoms with E-state index in [1.807, 2.05) is 45.0 Å². The molecule has 0 N–H and O–H groups in total. The number of rotatable bonds is 1. The van der Waals surface area contributed by atoms with Gasteiger partial charge in [-0.2, -0.15) is 35.1 Å². The molecule has 0 radical (unpaired) electrons. The number of hydrogen-bond donors (Lipinski definition) is 0. The zero-order valence-electron chi connectivity index (χ0n) is 10.2. The van der Waals surface area contributed by atoms with Gasteiger partial charge in [-0.3, -0.25) is 0 Å². The molecule has 1 aromatic carbocycles. The second kappa shape index (κ2) is 6.22. The average Bonchev–Trinajstić information content (AvgIpc) is 2.82. The van der Waals surface area contributed by atoms with E-state index in [1.54, 1.807) is 4.80 Å². The summed E-state index contributed by atoms with van der Waals surface area (Å²) >= 11 is 0.847. The zero-order valence-corrected chi connectivity index (χ0v) is 13.9. The molecule has 0 unspecified atom stereocenters. The molecular formula is C11H13ClN4Zn. The third-order valence-electron chi connectivity index (χ3n) is 1.98. The normalized spacial score (nSPS) is 10.7. The number of benzene rings is 1. The van der Waals surface area contributed by atoms with Gasteiger partial charge in [-0.1, -0.05) is 5.56 Å². The van der Waals surface area contributed by atoms with E-state index in [-0.39, 0.29) is 5.54 Å². The van der Waals surface area contributed by atoms with Gasteiger partial charge in [0.05, 0.1) is 5.54 Å². The van der Waals surface area contributed by atoms with Gasteiger partial charge < -0.3 is 0 Å². The van der Waals surface area contributed by atoms with Crippen LogP contribution < -0.4 is 0 Å². The Balaban J connectivity index is 0.000000686. The predicted octanol–water partition coefficient (Wildman–Crippen LogP) is 2.58. The van der Waals surface area contributed by atoms with Crippen LogP contribution in [0, 0.1) is 6.07 Å². The van der Waals surface area contributed by atoms with Gasteiger partial charge in [-0.05, 0) is 26.0 Å². The molecule has 0 spiro atoms. The molecule has 0 bridgehead atoms. The Morgan fingerprint density at radius 3 is 2.53 bits per heavy atom. The van der Waals surface area contributed by atoms with Crippen LogP contribution in [0.4, 0.5) is 0 Å². The van der Waals surface area contributed by atoms with E-state index >= 15 is 0 Å². The van der Waals surface area contributed by atoms with E-state index < -0.39 is 0 Å². The van der Waals surface area contributed by atoms with Gasteiger partial charge in [0, 0.05) is 0 Å². The summed E-state index contributed by atoms with van der Waals surface area (Å²) in [6, 6.07) is 10.5. The molecule has 0 aliphatic rings. The molecule has 0 atom stereocenters. The summed E-state index contributed by atoms with van der Waals surface area (Å²) in [7, 11) is 4.76. The van der Waals surface area contributed by atoms with Crippen molar-refractivity contribution in [2.24, 2.45) is 0 Å². The van der Waals surface area contributed by atoms with E-state index in [0.29, 0.717) is 5.82 Å². The summed E-state index contributed by atoms with van der Waals surface area (Å²) in [4.78, 5) is 1.62. The molecule has 1 heterocycles. The van der Waals surface area contributed by atoms with Gasteiger partial charge in [0.25, 0.3) is 0 Å². The van der Waals surface area contributed by atoms with Gasteiger partial charge in [0.15, 0.2) is 5.82 Å². The zero-order chi connectivity index (χ0) is 12.9. The van der Waals surface area contributed by atoms with Crippen molar-refractivity contribution in [3.05, 3.63) is 30.3 Å². The van der Waals surface area contributed by atoms with Crippen LogP contribution in [-0.2, 0) is 22.9 Å². The van der Waals surface area contributed by atoms with E-state index in [0.717, 1.165) is 22.9 Å². The van der Waals surface area contributed by atoms with E-state index in [2.05, 4.69) is 21.5 Å². The van der Waals surface area contributed by atoms with Crippen LogP contribution in [-0.4, -0.2) is 20.2 Å². The van der Waals surface area contributed by atoms with Crippen molar-refractivity contribution < 1.29 is 17.3 Å². The fourth-order valence-electron chi connectivity index (χ4n) is 1.15. The Labute approximate surface area is 115 Å². The van der Waals surface area contributed by atoms with E-state index in [4.69, 9.17) is 9.69 Å². The van der Waals surface area contributed by atoms with Crippen molar-refractivity contribution in [1.29, 1.82) is 0 Å². The van der Waals surface area contributed by atoms with Crippen molar-refractivity contribution in [3.8, 4) is 11.4 Å². The van der Waals surface area contributed by atoms with Crippen LogP contribution in [0.25, 0.3) is 11.4 Å². The quantitative estimate of drug-likeness (QED) is 0.601. The second-order valence-electron chi connectivity index (χ2n) is 4.37. The minimum atomic E-state index is -0.135. The van der Waals surface area contributed by atoms with Gasteiger partial charge in [-0.15, -0.1) is 10.2 Å². The molecule has 1 aromatic heterocycles. The standard InChI is InChI=1S/C11H13N4.ClH.Zn/c1-11(2,3)15-13-10(12-14-15)9-7-5-4-6-8-9;;/h4-5,7-8H,1-3H3;1H;/q-1;;+2/p-1. The first-order valence-corrected chi connectivity index (χ1v) is 9.01. The molecular weight excluding hydrogens is 289 g/mol. The Morgan fingerprint density at radius 1 is 1.35 bits per heavy atom. The number of halogens is 1. The fourth-order valence-corrected chi connectivity index (χ4v) is 1.15. The van der Waals surface area contributed by atoms with Crippen molar-refractivity contribution >= 4 is 9.69 Å². The van der Waals surface area contributed by atoms with E-state index in [9.17, 15) is 0 Å². The maximum absolute atomic E-state index is 4.76. The van der Waals surface area contributed by atoms with Gasteiger partial charge in [-0.25, -0.2) is 0 Å². The van der Waals surface area contributed by atoms with Gasteiger partial charge >= 0.3 is 27.0 Å². The third-order valence-corrected chi connectivity index (χ3v) is 1.98. The van der Waals surface area contributed by atoms with Crippen LogP contribution in [0.2, 0.25) is 0 Å². The van der Waals surface area contributed by atoms with Crippen LogP contribution in [0.3, 0.4) is 0 Å². The summed E-state index contributed by atoms with van der Waals surface area (Å²) < 4.78 is 0. The van der Waals surface area contributed by atoms with Gasteiger partial charge in [0.2, 0.25) is 0 Å². The minimum absolute atomic E-state index is 0.135. The molecule has 0 saturated carbocycles. The Kier molecular flexibility index (Phi) is 5.22. The summed E-state index contributed by atoms with van der Waals surface area (Å²) in [5.41, 5.74) is 0.803. The van der Waals surface area contributed by atoms with Crippen LogP contribution in [0.5, 0.6) is 0 Å². The number of tetrazole rings is 1. The number of hydrogen-bond acceptors (Lipinski definition) is 3. The summed E-state index contributed by atoms with van der Waals surface area (Å²) in [5.74, 6) is 0.641. The third kappa shape index (κ3) is 3.86. The van der Waals surface area contributed by atoms with Crippen LogP contribution >= 0.6 is 9.69 Å². The molecule has 86 valence electrons. The molecule has 0 saturated heterocycles. The first-order chi connectivity index (χ1) is 8.07. The van der Waals surface area contributed by atoms with Crippen molar-refractivity contribution in [2.75, 3.05) is 0 Å². The molecule has 6 heteroatoms. The van der Waals surface area contributed by atoms with Crippen LogP contribution in [0.15, 0.2) is 24.3 Å². The van der Waals surface area contributed by atoms with Crippen molar-refractivity contribution in [2.45, 2.75) is 26.3 Å². The maximum atomic E-state index is 4.76. The molecule has 2 rings (SSSR count). The molecule has 2 aromatic rings. The molecule has 0 fully saturated rings. The Bertz CT molecular complexity index is 450. The molecule has 4 nitrogen and oxygen atoms in total. The number of nitrogens with zero attached hydrogens (tertiary/aromatic N) is 4. The monoisotopic (exact) mass is 300 g/mol. The molecule has 0 amide bonds. The molecule has 0 aliphatic heterocycles. The topological polar surface area (TPSA) is 43.6 Å². The number of aromatic nitrogens is 4. The Morgan fingerprint density at radius 2 is 2.06 bits per heavy atom. The SMILES string of the molecule is CC(C)(C)n1nnc(-c2c[c-]ccc2)n1.[Cl][Zn+].